The molecule has 0 aromatic heterocycles. The molecule has 1 aliphatic heterocycles. The van der Waals surface area contributed by atoms with Gasteiger partial charge in [-0.3, -0.25) is 0 Å². The molecule has 0 amide bonds. The SMILES string of the molecule is Fc1cc(F)c(NCC2CCSC2)cc1Br. The number of thioether (sulfide) groups is 1. The predicted octanol–water partition coefficient (Wildman–Crippen LogP) is 3.89. The summed E-state index contributed by atoms with van der Waals surface area (Å²) in [6.45, 7) is 0.752. The summed E-state index contributed by atoms with van der Waals surface area (Å²) < 4.78 is 26.6. The fraction of sp³-hybridized carbons (Fsp3) is 0.455. The lowest BCUT2D eigenvalue weighted by molar-refractivity contribution is 0.577. The molecule has 0 spiro atoms. The molecule has 1 fully saturated rings. The number of hydrogen-bond acceptors (Lipinski definition) is 2. The summed E-state index contributed by atoms with van der Waals surface area (Å²) in [7, 11) is 0. The second kappa shape index (κ2) is 5.36. The van der Waals surface area contributed by atoms with Gasteiger partial charge in [-0.1, -0.05) is 0 Å². The monoisotopic (exact) mass is 307 g/mol. The third-order valence-corrected chi connectivity index (χ3v) is 4.45. The molecule has 2 rings (SSSR count). The highest BCUT2D eigenvalue weighted by Crippen LogP contribution is 2.26. The first kappa shape index (κ1) is 12.2. The van der Waals surface area contributed by atoms with Gasteiger partial charge in [0, 0.05) is 12.6 Å². The zero-order valence-electron chi connectivity index (χ0n) is 8.60. The quantitative estimate of drug-likeness (QED) is 0.850. The number of anilines is 1. The van der Waals surface area contributed by atoms with Gasteiger partial charge in [-0.05, 0) is 45.8 Å². The van der Waals surface area contributed by atoms with E-state index in [1.54, 1.807) is 0 Å². The molecule has 1 aliphatic rings. The van der Waals surface area contributed by atoms with Crippen molar-refractivity contribution in [2.24, 2.45) is 5.92 Å². The van der Waals surface area contributed by atoms with Crippen LogP contribution in [0.2, 0.25) is 0 Å². The van der Waals surface area contributed by atoms with Crippen LogP contribution in [0, 0.1) is 17.6 Å². The third-order valence-electron chi connectivity index (χ3n) is 2.62. The van der Waals surface area contributed by atoms with Crippen molar-refractivity contribution in [3.05, 3.63) is 28.2 Å². The summed E-state index contributed by atoms with van der Waals surface area (Å²) in [5.41, 5.74) is 0.366. The first-order chi connectivity index (χ1) is 7.66. The molecule has 0 bridgehead atoms. The van der Waals surface area contributed by atoms with Crippen LogP contribution in [0.1, 0.15) is 6.42 Å². The van der Waals surface area contributed by atoms with Gasteiger partial charge in [0.15, 0.2) is 0 Å². The highest BCUT2D eigenvalue weighted by molar-refractivity contribution is 9.10. The second-order valence-electron chi connectivity index (χ2n) is 3.86. The van der Waals surface area contributed by atoms with E-state index in [2.05, 4.69) is 21.2 Å². The molecule has 1 nitrogen and oxygen atoms in total. The second-order valence-corrected chi connectivity index (χ2v) is 5.86. The topological polar surface area (TPSA) is 12.0 Å². The van der Waals surface area contributed by atoms with Gasteiger partial charge in [0.1, 0.15) is 11.6 Å². The maximum Gasteiger partial charge on any atom is 0.149 e. The van der Waals surface area contributed by atoms with Gasteiger partial charge < -0.3 is 5.32 Å². The zero-order valence-corrected chi connectivity index (χ0v) is 11.0. The Morgan fingerprint density at radius 1 is 1.38 bits per heavy atom. The van der Waals surface area contributed by atoms with Crippen molar-refractivity contribution in [3.63, 3.8) is 0 Å². The largest absolute Gasteiger partial charge is 0.382 e. The molecule has 0 radical (unpaired) electrons. The molecule has 1 aromatic rings. The van der Waals surface area contributed by atoms with Gasteiger partial charge in [0.25, 0.3) is 0 Å². The van der Waals surface area contributed by atoms with Crippen molar-refractivity contribution in [3.8, 4) is 0 Å². The number of nitrogens with one attached hydrogen (secondary N) is 1. The Hall–Kier alpha value is -0.290. The Kier molecular flexibility index (Phi) is 4.08. The molecule has 0 aliphatic carbocycles. The molecular formula is C11H12BrF2NS. The van der Waals surface area contributed by atoms with Crippen molar-refractivity contribution in [1.29, 1.82) is 0 Å². The van der Waals surface area contributed by atoms with Crippen molar-refractivity contribution in [2.45, 2.75) is 6.42 Å². The predicted molar refractivity (Wildman–Crippen MR) is 68.0 cm³/mol. The molecule has 1 N–H and O–H groups in total. The number of halogens is 3. The van der Waals surface area contributed by atoms with E-state index in [4.69, 9.17) is 0 Å². The zero-order chi connectivity index (χ0) is 11.5. The minimum absolute atomic E-state index is 0.289. The summed E-state index contributed by atoms with van der Waals surface area (Å²) in [5.74, 6) is 1.79. The first-order valence-electron chi connectivity index (χ1n) is 5.13. The number of benzene rings is 1. The van der Waals surface area contributed by atoms with Gasteiger partial charge in [0.05, 0.1) is 10.2 Å². The van der Waals surface area contributed by atoms with Gasteiger partial charge >= 0.3 is 0 Å². The Balaban J connectivity index is 2.00. The fourth-order valence-corrected chi connectivity index (χ4v) is 3.28. The molecule has 1 heterocycles. The Morgan fingerprint density at radius 3 is 2.88 bits per heavy atom. The Morgan fingerprint density at radius 2 is 2.19 bits per heavy atom. The third kappa shape index (κ3) is 2.88. The van der Waals surface area contributed by atoms with Gasteiger partial charge in [-0.25, -0.2) is 8.78 Å². The molecule has 1 unspecified atom stereocenters. The maximum atomic E-state index is 13.4. The summed E-state index contributed by atoms with van der Waals surface area (Å²) in [6, 6.07) is 2.35. The molecule has 88 valence electrons. The van der Waals surface area contributed by atoms with Crippen LogP contribution < -0.4 is 5.32 Å². The van der Waals surface area contributed by atoms with Gasteiger partial charge in [-0.15, -0.1) is 0 Å². The lowest BCUT2D eigenvalue weighted by atomic mass is 10.1. The van der Waals surface area contributed by atoms with Crippen LogP contribution in [0.4, 0.5) is 14.5 Å². The van der Waals surface area contributed by atoms with Crippen LogP contribution in [-0.4, -0.2) is 18.1 Å². The summed E-state index contributed by atoms with van der Waals surface area (Å²) in [5, 5.41) is 3.04. The van der Waals surface area contributed by atoms with Gasteiger partial charge in [-0.2, -0.15) is 11.8 Å². The summed E-state index contributed by atoms with van der Waals surface area (Å²) in [4.78, 5) is 0. The highest BCUT2D eigenvalue weighted by atomic mass is 79.9. The van der Waals surface area contributed by atoms with E-state index in [0.717, 1.165) is 18.4 Å². The first-order valence-corrected chi connectivity index (χ1v) is 7.07. The van der Waals surface area contributed by atoms with Crippen LogP contribution in [0.15, 0.2) is 16.6 Å². The average molecular weight is 308 g/mol. The smallest absolute Gasteiger partial charge is 0.149 e. The van der Waals surface area contributed by atoms with Crippen molar-refractivity contribution in [2.75, 3.05) is 23.4 Å². The van der Waals surface area contributed by atoms with Crippen molar-refractivity contribution in [1.82, 2.24) is 0 Å². The molecule has 16 heavy (non-hydrogen) atoms. The minimum Gasteiger partial charge on any atom is -0.382 e. The number of rotatable bonds is 3. The van der Waals surface area contributed by atoms with Crippen LogP contribution in [0.5, 0.6) is 0 Å². The molecule has 1 atom stereocenters. The molecule has 1 aromatic carbocycles. The molecule has 0 saturated carbocycles. The minimum atomic E-state index is -0.570. The van der Waals surface area contributed by atoms with E-state index in [1.165, 1.54) is 18.2 Å². The van der Waals surface area contributed by atoms with Crippen molar-refractivity contribution < 1.29 is 8.78 Å². The van der Waals surface area contributed by atoms with E-state index in [0.29, 0.717) is 11.6 Å². The maximum absolute atomic E-state index is 13.4. The Bertz CT molecular complexity index is 380. The highest BCUT2D eigenvalue weighted by Gasteiger charge is 2.16. The lowest BCUT2D eigenvalue weighted by Gasteiger charge is -2.12. The molecular weight excluding hydrogens is 296 g/mol. The fourth-order valence-electron chi connectivity index (χ4n) is 1.66. The van der Waals surface area contributed by atoms with E-state index in [1.807, 2.05) is 11.8 Å². The Labute approximate surface area is 106 Å². The number of hydrogen-bond donors (Lipinski definition) is 1. The summed E-state index contributed by atoms with van der Waals surface area (Å²) in [6.07, 6.45) is 1.17. The van der Waals surface area contributed by atoms with Crippen molar-refractivity contribution >= 4 is 33.4 Å². The normalized spacial score (nSPS) is 20.1. The summed E-state index contributed by atoms with van der Waals surface area (Å²) >= 11 is 4.97. The van der Waals surface area contributed by atoms with Crippen LogP contribution >= 0.6 is 27.7 Å². The van der Waals surface area contributed by atoms with E-state index < -0.39 is 11.6 Å². The van der Waals surface area contributed by atoms with Crippen LogP contribution in [-0.2, 0) is 0 Å². The standard InChI is InChI=1S/C11H12BrF2NS/c12-8-3-11(10(14)4-9(8)13)15-5-7-1-2-16-6-7/h3-4,7,15H,1-2,5-6H2. The van der Waals surface area contributed by atoms with E-state index in [-0.39, 0.29) is 4.47 Å². The van der Waals surface area contributed by atoms with E-state index in [9.17, 15) is 8.78 Å². The average Bonchev–Trinajstić information content (AvgIpc) is 2.74. The van der Waals surface area contributed by atoms with Crippen LogP contribution in [0.25, 0.3) is 0 Å². The lowest BCUT2D eigenvalue weighted by Crippen LogP contribution is -2.14. The van der Waals surface area contributed by atoms with Gasteiger partial charge in [0.2, 0.25) is 0 Å². The van der Waals surface area contributed by atoms with Crippen LogP contribution in [0.3, 0.4) is 0 Å². The van der Waals surface area contributed by atoms with E-state index >= 15 is 0 Å². The molecule has 1 saturated heterocycles. The molecule has 5 heteroatoms.